The van der Waals surface area contributed by atoms with E-state index in [0.29, 0.717) is 0 Å². The van der Waals surface area contributed by atoms with Crippen molar-refractivity contribution in [1.29, 1.82) is 0 Å². The highest BCUT2D eigenvalue weighted by molar-refractivity contribution is 5.07. The Morgan fingerprint density at radius 1 is 1.56 bits per heavy atom. The predicted molar refractivity (Wildman–Crippen MR) is 66.2 cm³/mol. The van der Waals surface area contributed by atoms with Crippen LogP contribution in [0.4, 0.5) is 0 Å². The number of hydrogen-bond acceptors (Lipinski definition) is 3. The van der Waals surface area contributed by atoms with Gasteiger partial charge < -0.3 is 10.2 Å². The van der Waals surface area contributed by atoms with Crippen molar-refractivity contribution in [3.8, 4) is 0 Å². The molecular weight excluding hydrogens is 198 g/mol. The number of likely N-dealkylation sites (tertiary alicyclic amines) is 1. The van der Waals surface area contributed by atoms with Crippen LogP contribution in [0.2, 0.25) is 0 Å². The summed E-state index contributed by atoms with van der Waals surface area (Å²) in [6.07, 6.45) is 5.09. The van der Waals surface area contributed by atoms with E-state index in [2.05, 4.69) is 28.2 Å². The molecule has 0 aliphatic carbocycles. The summed E-state index contributed by atoms with van der Waals surface area (Å²) in [4.78, 5) is 6.64. The molecule has 1 saturated heterocycles. The third kappa shape index (κ3) is 3.29. The van der Waals surface area contributed by atoms with E-state index in [1.54, 1.807) is 0 Å². The molecule has 16 heavy (non-hydrogen) atoms. The standard InChI is InChI=1S/C13H21N3/c1-2-16-7-5-13(11-16)10-15-9-12-4-3-6-14-8-12/h3-4,6,8,13,15H,2,5,7,9-11H2,1H3. The lowest BCUT2D eigenvalue weighted by molar-refractivity contribution is 0.339. The molecule has 1 aliphatic rings. The molecule has 1 N–H and O–H groups in total. The van der Waals surface area contributed by atoms with E-state index < -0.39 is 0 Å². The first-order valence-electron chi connectivity index (χ1n) is 6.20. The number of hydrogen-bond donors (Lipinski definition) is 1. The third-order valence-electron chi connectivity index (χ3n) is 3.30. The van der Waals surface area contributed by atoms with Crippen LogP contribution in [0.25, 0.3) is 0 Å². The molecule has 1 aromatic rings. The Balaban J connectivity index is 1.65. The molecule has 0 spiro atoms. The van der Waals surface area contributed by atoms with Crippen molar-refractivity contribution in [2.75, 3.05) is 26.2 Å². The zero-order valence-corrected chi connectivity index (χ0v) is 10.0. The quantitative estimate of drug-likeness (QED) is 0.813. The van der Waals surface area contributed by atoms with Gasteiger partial charge in [-0.2, -0.15) is 0 Å². The van der Waals surface area contributed by atoms with Crippen LogP contribution in [0.15, 0.2) is 24.5 Å². The minimum Gasteiger partial charge on any atom is -0.312 e. The fourth-order valence-corrected chi connectivity index (χ4v) is 2.29. The van der Waals surface area contributed by atoms with Gasteiger partial charge in [0.25, 0.3) is 0 Å². The second-order valence-electron chi connectivity index (χ2n) is 4.54. The molecule has 0 amide bonds. The van der Waals surface area contributed by atoms with Gasteiger partial charge >= 0.3 is 0 Å². The van der Waals surface area contributed by atoms with Gasteiger partial charge in [-0.25, -0.2) is 0 Å². The van der Waals surface area contributed by atoms with Crippen LogP contribution < -0.4 is 5.32 Å². The van der Waals surface area contributed by atoms with Crippen LogP contribution >= 0.6 is 0 Å². The Morgan fingerprint density at radius 3 is 3.19 bits per heavy atom. The van der Waals surface area contributed by atoms with Gasteiger partial charge in [0, 0.05) is 25.5 Å². The second-order valence-corrected chi connectivity index (χ2v) is 4.54. The highest BCUT2D eigenvalue weighted by Crippen LogP contribution is 2.14. The van der Waals surface area contributed by atoms with Gasteiger partial charge in [-0.05, 0) is 43.6 Å². The van der Waals surface area contributed by atoms with Crippen molar-refractivity contribution in [1.82, 2.24) is 15.2 Å². The Labute approximate surface area is 97.9 Å². The maximum atomic E-state index is 4.11. The number of nitrogens with one attached hydrogen (secondary N) is 1. The summed E-state index contributed by atoms with van der Waals surface area (Å²) in [5, 5.41) is 3.52. The molecule has 2 rings (SSSR count). The molecule has 3 nitrogen and oxygen atoms in total. The Morgan fingerprint density at radius 2 is 2.50 bits per heavy atom. The van der Waals surface area contributed by atoms with Crippen LogP contribution in [0.3, 0.4) is 0 Å². The van der Waals surface area contributed by atoms with Crippen molar-refractivity contribution >= 4 is 0 Å². The highest BCUT2D eigenvalue weighted by Gasteiger charge is 2.20. The monoisotopic (exact) mass is 219 g/mol. The van der Waals surface area contributed by atoms with Gasteiger partial charge in [0.05, 0.1) is 0 Å². The van der Waals surface area contributed by atoms with Crippen LogP contribution in [0.5, 0.6) is 0 Å². The number of nitrogens with zero attached hydrogens (tertiary/aromatic N) is 2. The minimum absolute atomic E-state index is 0.830. The van der Waals surface area contributed by atoms with Gasteiger partial charge in [0.2, 0.25) is 0 Å². The van der Waals surface area contributed by atoms with E-state index >= 15 is 0 Å². The van der Waals surface area contributed by atoms with Crippen LogP contribution in [-0.2, 0) is 6.54 Å². The maximum Gasteiger partial charge on any atom is 0.0312 e. The lowest BCUT2D eigenvalue weighted by Crippen LogP contribution is -2.26. The van der Waals surface area contributed by atoms with E-state index in [1.807, 2.05) is 18.5 Å². The molecule has 1 aliphatic heterocycles. The Hall–Kier alpha value is -0.930. The first kappa shape index (κ1) is 11.6. The van der Waals surface area contributed by atoms with Crippen molar-refractivity contribution in [2.45, 2.75) is 19.9 Å². The molecule has 3 heteroatoms. The molecule has 0 aromatic carbocycles. The van der Waals surface area contributed by atoms with E-state index in [-0.39, 0.29) is 0 Å². The van der Waals surface area contributed by atoms with E-state index in [0.717, 1.165) is 19.0 Å². The van der Waals surface area contributed by atoms with E-state index in [1.165, 1.54) is 31.6 Å². The summed E-state index contributed by atoms with van der Waals surface area (Å²) in [6, 6.07) is 4.11. The van der Waals surface area contributed by atoms with Crippen molar-refractivity contribution in [3.05, 3.63) is 30.1 Å². The summed E-state index contributed by atoms with van der Waals surface area (Å²) in [7, 11) is 0. The predicted octanol–water partition coefficient (Wildman–Crippen LogP) is 1.51. The molecule has 1 aromatic heterocycles. The van der Waals surface area contributed by atoms with Crippen LogP contribution in [0, 0.1) is 5.92 Å². The van der Waals surface area contributed by atoms with Gasteiger partial charge in [-0.15, -0.1) is 0 Å². The minimum atomic E-state index is 0.830. The summed E-state index contributed by atoms with van der Waals surface area (Å²) in [6.45, 7) is 8.04. The first-order valence-corrected chi connectivity index (χ1v) is 6.20. The van der Waals surface area contributed by atoms with Gasteiger partial charge in [-0.3, -0.25) is 4.98 Å². The summed E-state index contributed by atoms with van der Waals surface area (Å²) in [5.74, 6) is 0.830. The topological polar surface area (TPSA) is 28.2 Å². The molecule has 1 fully saturated rings. The normalized spacial score (nSPS) is 21.4. The fraction of sp³-hybridized carbons (Fsp3) is 0.615. The Kier molecular flexibility index (Phi) is 4.31. The van der Waals surface area contributed by atoms with Crippen LogP contribution in [0.1, 0.15) is 18.9 Å². The average Bonchev–Trinajstić information content (AvgIpc) is 2.78. The second kappa shape index (κ2) is 5.97. The summed E-state index contributed by atoms with van der Waals surface area (Å²) < 4.78 is 0. The summed E-state index contributed by atoms with van der Waals surface area (Å²) in [5.41, 5.74) is 1.27. The van der Waals surface area contributed by atoms with E-state index in [4.69, 9.17) is 0 Å². The zero-order valence-electron chi connectivity index (χ0n) is 10.0. The fourth-order valence-electron chi connectivity index (χ4n) is 2.29. The van der Waals surface area contributed by atoms with E-state index in [9.17, 15) is 0 Å². The molecule has 1 unspecified atom stereocenters. The zero-order chi connectivity index (χ0) is 11.2. The van der Waals surface area contributed by atoms with Crippen LogP contribution in [-0.4, -0.2) is 36.1 Å². The van der Waals surface area contributed by atoms with Crippen molar-refractivity contribution in [3.63, 3.8) is 0 Å². The molecular formula is C13H21N3. The van der Waals surface area contributed by atoms with Gasteiger partial charge in [0.15, 0.2) is 0 Å². The number of pyridine rings is 1. The molecule has 0 radical (unpaired) electrons. The maximum absolute atomic E-state index is 4.11. The van der Waals surface area contributed by atoms with Gasteiger partial charge in [-0.1, -0.05) is 13.0 Å². The average molecular weight is 219 g/mol. The smallest absolute Gasteiger partial charge is 0.0312 e. The molecule has 1 atom stereocenters. The lowest BCUT2D eigenvalue weighted by atomic mass is 10.1. The third-order valence-corrected chi connectivity index (χ3v) is 3.30. The lowest BCUT2D eigenvalue weighted by Gasteiger charge is -2.13. The molecule has 88 valence electrons. The highest BCUT2D eigenvalue weighted by atomic mass is 15.1. The largest absolute Gasteiger partial charge is 0.312 e. The van der Waals surface area contributed by atoms with Crippen molar-refractivity contribution in [2.24, 2.45) is 5.92 Å². The summed E-state index contributed by atoms with van der Waals surface area (Å²) >= 11 is 0. The van der Waals surface area contributed by atoms with Crippen molar-refractivity contribution < 1.29 is 0 Å². The first-order chi connectivity index (χ1) is 7.88. The number of aromatic nitrogens is 1. The molecule has 2 heterocycles. The molecule has 0 bridgehead atoms. The SMILES string of the molecule is CCN1CCC(CNCc2cccnc2)C1. The Bertz CT molecular complexity index is 299. The number of rotatable bonds is 5. The van der Waals surface area contributed by atoms with Gasteiger partial charge in [0.1, 0.15) is 0 Å². The molecule has 0 saturated carbocycles.